The van der Waals surface area contributed by atoms with E-state index in [-0.39, 0.29) is 11.3 Å². The second-order valence-corrected chi connectivity index (χ2v) is 8.64. The summed E-state index contributed by atoms with van der Waals surface area (Å²) in [4.78, 5) is 38.0. The van der Waals surface area contributed by atoms with Gasteiger partial charge >= 0.3 is 5.97 Å². The van der Waals surface area contributed by atoms with E-state index in [4.69, 9.17) is 4.74 Å². The molecular weight excluding hydrogens is 382 g/mol. The molecule has 2 atom stereocenters. The van der Waals surface area contributed by atoms with Gasteiger partial charge in [-0.25, -0.2) is 14.8 Å². The molecule has 0 N–H and O–H groups in total. The maximum absolute atomic E-state index is 13.2. The molecule has 0 unspecified atom stereocenters. The van der Waals surface area contributed by atoms with Crippen LogP contribution in [0.15, 0.2) is 29.3 Å². The molecule has 5 rings (SSSR count). The van der Waals surface area contributed by atoms with Gasteiger partial charge in [-0.05, 0) is 44.3 Å². The number of likely N-dealkylation sites (tertiary alicyclic amines) is 1. The van der Waals surface area contributed by atoms with E-state index in [0.29, 0.717) is 11.8 Å². The van der Waals surface area contributed by atoms with Crippen LogP contribution in [0.5, 0.6) is 0 Å². The third-order valence-corrected chi connectivity index (χ3v) is 6.63. The molecule has 2 fully saturated rings. The molecule has 8 heteroatoms. The molecule has 2 bridgehead atoms. The van der Waals surface area contributed by atoms with Crippen LogP contribution < -0.4 is 10.5 Å². The van der Waals surface area contributed by atoms with E-state index in [9.17, 15) is 9.59 Å². The van der Waals surface area contributed by atoms with Gasteiger partial charge in [0.2, 0.25) is 0 Å². The summed E-state index contributed by atoms with van der Waals surface area (Å²) in [6, 6.07) is 4.19. The predicted octanol–water partition coefficient (Wildman–Crippen LogP) is 1.64. The summed E-state index contributed by atoms with van der Waals surface area (Å²) in [6.45, 7) is 5.35. The predicted molar refractivity (Wildman–Crippen MR) is 112 cm³/mol. The van der Waals surface area contributed by atoms with Gasteiger partial charge in [0.15, 0.2) is 5.69 Å². The van der Waals surface area contributed by atoms with E-state index in [1.54, 1.807) is 6.20 Å². The largest absolute Gasteiger partial charge is 0.464 e. The first kappa shape index (κ1) is 19.2. The summed E-state index contributed by atoms with van der Waals surface area (Å²) in [5.41, 5.74) is 2.44. The van der Waals surface area contributed by atoms with Crippen LogP contribution in [0.2, 0.25) is 0 Å². The zero-order valence-corrected chi connectivity index (χ0v) is 17.3. The molecule has 0 aliphatic carbocycles. The van der Waals surface area contributed by atoms with Crippen LogP contribution in [-0.4, -0.2) is 58.7 Å². The summed E-state index contributed by atoms with van der Waals surface area (Å²) >= 11 is 0. The molecule has 2 aromatic heterocycles. The Labute approximate surface area is 175 Å². The maximum atomic E-state index is 13.2. The van der Waals surface area contributed by atoms with Crippen LogP contribution in [0, 0.1) is 5.92 Å². The number of rotatable bonds is 4. The number of fused-ring (bicyclic) bond motifs is 4. The minimum atomic E-state index is -0.484. The van der Waals surface area contributed by atoms with Gasteiger partial charge in [-0.2, -0.15) is 0 Å². The number of hydrogen-bond donors (Lipinski definition) is 0. The fraction of sp³-hybridized carbons (Fsp3) is 0.545. The monoisotopic (exact) mass is 409 g/mol. The lowest BCUT2D eigenvalue weighted by Crippen LogP contribution is -2.48. The topological polar surface area (TPSA) is 80.6 Å². The molecule has 8 nitrogen and oxygen atoms in total. The first-order valence-corrected chi connectivity index (χ1v) is 10.7. The first-order valence-electron chi connectivity index (χ1n) is 10.7. The van der Waals surface area contributed by atoms with Crippen LogP contribution >= 0.6 is 0 Å². The van der Waals surface area contributed by atoms with E-state index in [0.717, 1.165) is 62.8 Å². The van der Waals surface area contributed by atoms with Crippen molar-refractivity contribution in [2.24, 2.45) is 5.92 Å². The zero-order valence-electron chi connectivity index (χ0n) is 17.3. The summed E-state index contributed by atoms with van der Waals surface area (Å²) in [5.74, 6) is 0.979. The molecule has 0 radical (unpaired) electrons. The third kappa shape index (κ3) is 3.49. The SMILES string of the molecule is COC(=O)c1cnc(N2C[C@@H]3C[C@H](C2)c2ccc(CN4CCCC4)c(=O)n2C3)cn1. The lowest BCUT2D eigenvalue weighted by molar-refractivity contribution is 0.0593. The lowest BCUT2D eigenvalue weighted by atomic mass is 9.83. The average Bonchev–Trinajstić information content (AvgIpc) is 3.29. The van der Waals surface area contributed by atoms with Crippen molar-refractivity contribution >= 4 is 11.8 Å². The molecule has 0 spiro atoms. The van der Waals surface area contributed by atoms with Crippen molar-refractivity contribution in [1.82, 2.24) is 19.4 Å². The number of nitrogens with zero attached hydrogens (tertiary/aromatic N) is 5. The number of anilines is 1. The Hall–Kier alpha value is -2.74. The second kappa shape index (κ2) is 7.83. The average molecular weight is 409 g/mol. The van der Waals surface area contributed by atoms with Crippen LogP contribution in [-0.2, 0) is 17.8 Å². The Balaban J connectivity index is 1.36. The Morgan fingerprint density at radius 2 is 1.97 bits per heavy atom. The summed E-state index contributed by atoms with van der Waals surface area (Å²) < 4.78 is 6.71. The minimum Gasteiger partial charge on any atom is -0.464 e. The molecule has 5 heterocycles. The van der Waals surface area contributed by atoms with E-state index in [1.807, 2.05) is 10.6 Å². The number of carbonyl (C=O) groups is 1. The molecule has 0 aromatic carbocycles. The Morgan fingerprint density at radius 1 is 1.13 bits per heavy atom. The van der Waals surface area contributed by atoms with Crippen LogP contribution in [0.3, 0.4) is 0 Å². The number of ether oxygens (including phenoxy) is 1. The Bertz CT molecular complexity index is 997. The highest BCUT2D eigenvalue weighted by atomic mass is 16.5. The summed E-state index contributed by atoms with van der Waals surface area (Å²) in [5, 5.41) is 0. The zero-order chi connectivity index (χ0) is 20.7. The van der Waals surface area contributed by atoms with Crippen molar-refractivity contribution in [1.29, 1.82) is 0 Å². The fourth-order valence-electron chi connectivity index (χ4n) is 5.17. The van der Waals surface area contributed by atoms with Crippen molar-refractivity contribution in [3.05, 3.63) is 51.8 Å². The second-order valence-electron chi connectivity index (χ2n) is 8.64. The Kier molecular flexibility index (Phi) is 5.02. The number of carbonyl (C=O) groups excluding carboxylic acids is 1. The molecule has 2 aromatic rings. The van der Waals surface area contributed by atoms with Gasteiger partial charge in [0.05, 0.1) is 19.5 Å². The van der Waals surface area contributed by atoms with Gasteiger partial charge in [0.1, 0.15) is 5.82 Å². The van der Waals surface area contributed by atoms with Crippen LogP contribution in [0.1, 0.15) is 46.9 Å². The fourth-order valence-corrected chi connectivity index (χ4v) is 5.17. The van der Waals surface area contributed by atoms with Gasteiger partial charge in [-0.1, -0.05) is 6.07 Å². The lowest BCUT2D eigenvalue weighted by Gasteiger charge is -2.43. The number of pyridine rings is 1. The molecule has 0 saturated carbocycles. The van der Waals surface area contributed by atoms with Gasteiger partial charge in [-0.3, -0.25) is 9.69 Å². The highest BCUT2D eigenvalue weighted by Gasteiger charge is 2.35. The van der Waals surface area contributed by atoms with Crippen molar-refractivity contribution in [2.45, 2.75) is 38.3 Å². The molecule has 3 aliphatic rings. The first-order chi connectivity index (χ1) is 14.6. The van der Waals surface area contributed by atoms with Crippen LogP contribution in [0.4, 0.5) is 5.82 Å². The Morgan fingerprint density at radius 3 is 2.70 bits per heavy atom. The smallest absolute Gasteiger partial charge is 0.358 e. The molecule has 30 heavy (non-hydrogen) atoms. The summed E-state index contributed by atoms with van der Waals surface area (Å²) in [6.07, 6.45) is 6.66. The van der Waals surface area contributed by atoms with E-state index >= 15 is 0 Å². The summed E-state index contributed by atoms with van der Waals surface area (Å²) in [7, 11) is 1.33. The van der Waals surface area contributed by atoms with E-state index in [2.05, 4.69) is 25.8 Å². The number of methoxy groups -OCH3 is 1. The molecular formula is C22H27N5O3. The van der Waals surface area contributed by atoms with Crippen molar-refractivity contribution in [3.8, 4) is 0 Å². The number of esters is 1. The van der Waals surface area contributed by atoms with Gasteiger partial charge in [-0.15, -0.1) is 0 Å². The van der Waals surface area contributed by atoms with Gasteiger partial charge in [0, 0.05) is 43.4 Å². The third-order valence-electron chi connectivity index (χ3n) is 6.63. The molecule has 2 saturated heterocycles. The highest BCUT2D eigenvalue weighted by molar-refractivity contribution is 5.86. The number of piperidine rings is 1. The quantitative estimate of drug-likeness (QED) is 0.710. The normalized spacial score (nSPS) is 23.3. The minimum absolute atomic E-state index is 0.185. The highest BCUT2D eigenvalue weighted by Crippen LogP contribution is 2.36. The standard InChI is InChI=1S/C22H27N5O3/c1-30-22(29)18-9-24-20(10-23-18)26-11-15-8-17(14-26)19-5-4-16(21(28)27(19)12-15)13-25-6-2-3-7-25/h4-5,9-10,15,17H,2-3,6-8,11-14H2,1H3/t15-,17+/m0/s1. The number of aromatic nitrogens is 3. The molecule has 0 amide bonds. The van der Waals surface area contributed by atoms with E-state index in [1.165, 1.54) is 26.1 Å². The van der Waals surface area contributed by atoms with E-state index < -0.39 is 5.97 Å². The van der Waals surface area contributed by atoms with Gasteiger partial charge in [0.25, 0.3) is 5.56 Å². The van der Waals surface area contributed by atoms with Crippen molar-refractivity contribution in [2.75, 3.05) is 38.2 Å². The van der Waals surface area contributed by atoms with Crippen molar-refractivity contribution in [3.63, 3.8) is 0 Å². The van der Waals surface area contributed by atoms with Gasteiger partial charge < -0.3 is 14.2 Å². The maximum Gasteiger partial charge on any atom is 0.358 e. The number of hydrogen-bond acceptors (Lipinski definition) is 7. The molecule has 158 valence electrons. The molecule has 3 aliphatic heterocycles. The van der Waals surface area contributed by atoms with Crippen LogP contribution in [0.25, 0.3) is 0 Å². The van der Waals surface area contributed by atoms with Crippen molar-refractivity contribution < 1.29 is 9.53 Å².